The first kappa shape index (κ1) is 14.3. The van der Waals surface area contributed by atoms with Crippen molar-refractivity contribution < 1.29 is 9.53 Å². The van der Waals surface area contributed by atoms with Gasteiger partial charge in [-0.1, -0.05) is 42.0 Å². The summed E-state index contributed by atoms with van der Waals surface area (Å²) in [5.74, 6) is 0.485. The molecule has 0 radical (unpaired) electrons. The molecule has 104 valence electrons. The average molecular weight is 269 g/mol. The van der Waals surface area contributed by atoms with Crippen molar-refractivity contribution in [2.75, 3.05) is 7.11 Å². The third kappa shape index (κ3) is 3.25. The summed E-state index contributed by atoms with van der Waals surface area (Å²) in [6.45, 7) is 1.94. The molecule has 0 bridgehead atoms. The number of aryl methyl sites for hydroxylation is 1. The molecule has 0 spiro atoms. The lowest BCUT2D eigenvalue weighted by Crippen LogP contribution is -2.33. The molecule has 0 saturated heterocycles. The summed E-state index contributed by atoms with van der Waals surface area (Å²) in [7, 11) is 1.56. The van der Waals surface area contributed by atoms with Crippen molar-refractivity contribution in [2.45, 2.75) is 19.4 Å². The van der Waals surface area contributed by atoms with E-state index < -0.39 is 6.04 Å². The van der Waals surface area contributed by atoms with Crippen LogP contribution >= 0.6 is 0 Å². The van der Waals surface area contributed by atoms with Crippen molar-refractivity contribution in [1.82, 2.24) is 0 Å². The number of ketones is 1. The van der Waals surface area contributed by atoms with Crippen molar-refractivity contribution in [2.24, 2.45) is 5.73 Å². The van der Waals surface area contributed by atoms with E-state index in [0.29, 0.717) is 17.7 Å². The van der Waals surface area contributed by atoms with E-state index in [4.69, 9.17) is 10.5 Å². The molecule has 0 heterocycles. The zero-order valence-corrected chi connectivity index (χ0v) is 11.8. The highest BCUT2D eigenvalue weighted by Crippen LogP contribution is 2.21. The molecule has 3 nitrogen and oxygen atoms in total. The van der Waals surface area contributed by atoms with E-state index in [9.17, 15) is 4.79 Å². The van der Waals surface area contributed by atoms with E-state index >= 15 is 0 Å². The minimum absolute atomic E-state index is 0.0885. The molecule has 3 heteroatoms. The van der Waals surface area contributed by atoms with Crippen molar-refractivity contribution in [3.63, 3.8) is 0 Å². The van der Waals surface area contributed by atoms with Crippen molar-refractivity contribution in [1.29, 1.82) is 0 Å². The number of rotatable bonds is 5. The predicted octanol–water partition coefficient (Wildman–Crippen LogP) is 2.76. The van der Waals surface area contributed by atoms with E-state index in [2.05, 4.69) is 0 Å². The molecule has 0 aliphatic carbocycles. The van der Waals surface area contributed by atoms with E-state index in [1.807, 2.05) is 49.4 Å². The van der Waals surface area contributed by atoms with E-state index in [0.717, 1.165) is 11.1 Å². The Kier molecular flexibility index (Phi) is 4.53. The maximum Gasteiger partial charge on any atom is 0.183 e. The van der Waals surface area contributed by atoms with Gasteiger partial charge in [-0.05, 0) is 31.0 Å². The molecule has 2 N–H and O–H groups in total. The zero-order chi connectivity index (χ0) is 14.5. The zero-order valence-electron chi connectivity index (χ0n) is 11.8. The number of carbonyl (C=O) groups is 1. The Bertz CT molecular complexity index is 593. The van der Waals surface area contributed by atoms with Crippen LogP contribution < -0.4 is 10.5 Å². The van der Waals surface area contributed by atoms with E-state index in [1.165, 1.54) is 0 Å². The summed E-state index contributed by atoms with van der Waals surface area (Å²) in [5, 5.41) is 0. The number of Topliss-reactive ketones (excluding diaryl/α,β-unsaturated/α-hetero) is 1. The molecular weight excluding hydrogens is 250 g/mol. The standard InChI is InChI=1S/C17H19NO2/c1-12-8-9-16(20-2)14(10-12)17(19)15(18)11-13-6-4-3-5-7-13/h3-10,15H,11,18H2,1-2H3. The molecule has 0 fully saturated rings. The van der Waals surface area contributed by atoms with Gasteiger partial charge in [0.05, 0.1) is 18.7 Å². The Labute approximate surface area is 119 Å². The number of benzene rings is 2. The first-order chi connectivity index (χ1) is 9.61. The molecule has 2 rings (SSSR count). The van der Waals surface area contributed by atoms with Gasteiger partial charge in [0.25, 0.3) is 0 Å². The number of nitrogens with two attached hydrogens (primary N) is 1. The number of methoxy groups -OCH3 is 1. The lowest BCUT2D eigenvalue weighted by molar-refractivity contribution is 0.0958. The van der Waals surface area contributed by atoms with Crippen LogP contribution in [-0.4, -0.2) is 18.9 Å². The smallest absolute Gasteiger partial charge is 0.183 e. The minimum Gasteiger partial charge on any atom is -0.496 e. The number of ether oxygens (including phenoxy) is 1. The summed E-state index contributed by atoms with van der Waals surface area (Å²) in [6, 6.07) is 14.8. The van der Waals surface area contributed by atoms with Crippen LogP contribution in [0.25, 0.3) is 0 Å². The monoisotopic (exact) mass is 269 g/mol. The number of carbonyl (C=O) groups excluding carboxylic acids is 1. The van der Waals surface area contributed by atoms with Crippen LogP contribution in [0.2, 0.25) is 0 Å². The maximum atomic E-state index is 12.5. The van der Waals surface area contributed by atoms with Crippen molar-refractivity contribution in [3.8, 4) is 5.75 Å². The third-order valence-electron chi connectivity index (χ3n) is 3.26. The lowest BCUT2D eigenvalue weighted by atomic mass is 9.97. The van der Waals surface area contributed by atoms with Gasteiger partial charge in [-0.3, -0.25) is 4.79 Å². The molecular formula is C17H19NO2. The highest BCUT2D eigenvalue weighted by Gasteiger charge is 2.20. The highest BCUT2D eigenvalue weighted by molar-refractivity contribution is 6.02. The first-order valence-electron chi connectivity index (χ1n) is 6.60. The van der Waals surface area contributed by atoms with Gasteiger partial charge in [0.2, 0.25) is 0 Å². The molecule has 0 aromatic heterocycles. The number of hydrogen-bond donors (Lipinski definition) is 1. The lowest BCUT2D eigenvalue weighted by Gasteiger charge is -2.14. The Morgan fingerprint density at radius 3 is 2.55 bits per heavy atom. The van der Waals surface area contributed by atoms with Crippen LogP contribution in [0, 0.1) is 6.92 Å². The quantitative estimate of drug-likeness (QED) is 0.849. The van der Waals surface area contributed by atoms with Crippen LogP contribution in [0.5, 0.6) is 5.75 Å². The topological polar surface area (TPSA) is 52.3 Å². The maximum absolute atomic E-state index is 12.5. The second-order valence-electron chi connectivity index (χ2n) is 4.86. The average Bonchev–Trinajstić information content (AvgIpc) is 2.47. The molecule has 2 aromatic carbocycles. The molecule has 0 aliphatic rings. The molecule has 20 heavy (non-hydrogen) atoms. The molecule has 1 unspecified atom stereocenters. The van der Waals surface area contributed by atoms with Crippen LogP contribution in [0.1, 0.15) is 21.5 Å². The Morgan fingerprint density at radius 1 is 1.20 bits per heavy atom. The molecule has 0 saturated carbocycles. The largest absolute Gasteiger partial charge is 0.496 e. The van der Waals surface area contributed by atoms with E-state index in [1.54, 1.807) is 13.2 Å². The second kappa shape index (κ2) is 6.35. The van der Waals surface area contributed by atoms with Crippen LogP contribution in [0.15, 0.2) is 48.5 Å². The normalized spacial score (nSPS) is 11.9. The fraction of sp³-hybridized carbons (Fsp3) is 0.235. The fourth-order valence-corrected chi connectivity index (χ4v) is 2.17. The summed E-state index contributed by atoms with van der Waals surface area (Å²) >= 11 is 0. The van der Waals surface area contributed by atoms with E-state index in [-0.39, 0.29) is 5.78 Å². The van der Waals surface area contributed by atoms with Crippen molar-refractivity contribution in [3.05, 3.63) is 65.2 Å². The van der Waals surface area contributed by atoms with Crippen LogP contribution in [-0.2, 0) is 6.42 Å². The molecule has 2 aromatic rings. The SMILES string of the molecule is COc1ccc(C)cc1C(=O)C(N)Cc1ccccc1. The number of hydrogen-bond acceptors (Lipinski definition) is 3. The third-order valence-corrected chi connectivity index (χ3v) is 3.26. The van der Waals surface area contributed by atoms with Gasteiger partial charge in [0, 0.05) is 0 Å². The van der Waals surface area contributed by atoms with Crippen LogP contribution in [0.3, 0.4) is 0 Å². The second-order valence-corrected chi connectivity index (χ2v) is 4.86. The van der Waals surface area contributed by atoms with Gasteiger partial charge < -0.3 is 10.5 Å². The fourth-order valence-electron chi connectivity index (χ4n) is 2.17. The molecule has 1 atom stereocenters. The van der Waals surface area contributed by atoms with Gasteiger partial charge in [-0.2, -0.15) is 0 Å². The van der Waals surface area contributed by atoms with Crippen molar-refractivity contribution >= 4 is 5.78 Å². The Hall–Kier alpha value is -2.13. The Morgan fingerprint density at radius 2 is 1.90 bits per heavy atom. The summed E-state index contributed by atoms with van der Waals surface area (Å²) in [5.41, 5.74) is 8.67. The van der Waals surface area contributed by atoms with Gasteiger partial charge in [0.15, 0.2) is 5.78 Å². The van der Waals surface area contributed by atoms with Gasteiger partial charge in [-0.15, -0.1) is 0 Å². The Balaban J connectivity index is 2.20. The predicted molar refractivity (Wildman–Crippen MR) is 80.2 cm³/mol. The molecule has 0 aliphatic heterocycles. The van der Waals surface area contributed by atoms with Crippen LogP contribution in [0.4, 0.5) is 0 Å². The van der Waals surface area contributed by atoms with Gasteiger partial charge in [0.1, 0.15) is 5.75 Å². The summed E-state index contributed by atoms with van der Waals surface area (Å²) in [6.07, 6.45) is 0.525. The minimum atomic E-state index is -0.562. The first-order valence-corrected chi connectivity index (χ1v) is 6.60. The summed E-state index contributed by atoms with van der Waals surface area (Å²) in [4.78, 5) is 12.5. The highest BCUT2D eigenvalue weighted by atomic mass is 16.5. The molecule has 0 amide bonds. The summed E-state index contributed by atoms with van der Waals surface area (Å²) < 4.78 is 5.25. The van der Waals surface area contributed by atoms with Gasteiger partial charge >= 0.3 is 0 Å². The van der Waals surface area contributed by atoms with Gasteiger partial charge in [-0.25, -0.2) is 0 Å².